The molecule has 2 heterocycles. The average Bonchev–Trinajstić information content (AvgIpc) is 3.30. The molecule has 0 radical (unpaired) electrons. The Morgan fingerprint density at radius 3 is 2.25 bits per heavy atom. The van der Waals surface area contributed by atoms with Gasteiger partial charge in [-0.05, 0) is 17.5 Å². The van der Waals surface area contributed by atoms with Gasteiger partial charge in [-0.1, -0.05) is 6.07 Å². The van der Waals surface area contributed by atoms with Crippen LogP contribution in [0.2, 0.25) is 0 Å². The van der Waals surface area contributed by atoms with Crippen molar-refractivity contribution in [1.29, 1.82) is 0 Å². The molecular formula is C20H21F3N2O6S. The molecule has 0 unspecified atom stereocenters. The molecule has 3 atom stereocenters. The number of halogens is 3. The summed E-state index contributed by atoms with van der Waals surface area (Å²) in [6.45, 7) is 0. The summed E-state index contributed by atoms with van der Waals surface area (Å²) in [5.41, 5.74) is -3.79. The summed E-state index contributed by atoms with van der Waals surface area (Å²) in [7, 11) is 4.73. The number of amides is 2. The Hall–Kier alpha value is -2.99. The van der Waals surface area contributed by atoms with E-state index in [1.165, 1.54) is 51.0 Å². The van der Waals surface area contributed by atoms with E-state index in [1.807, 2.05) is 0 Å². The summed E-state index contributed by atoms with van der Waals surface area (Å²) in [4.78, 5) is 25.9. The number of carbonyl (C=O) groups excluding carboxylic acids is 2. The Kier molecular flexibility index (Phi) is 6.29. The molecule has 12 heteroatoms. The minimum absolute atomic E-state index is 0.00387. The Bertz CT molecular complexity index is 1010. The lowest BCUT2D eigenvalue weighted by Gasteiger charge is -2.49. The van der Waals surface area contributed by atoms with Crippen molar-refractivity contribution < 1.29 is 42.1 Å². The predicted molar refractivity (Wildman–Crippen MR) is 108 cm³/mol. The molecule has 1 fully saturated rings. The fourth-order valence-electron chi connectivity index (χ4n) is 3.73. The van der Waals surface area contributed by atoms with Gasteiger partial charge in [-0.25, -0.2) is 4.79 Å². The second-order valence-electron chi connectivity index (χ2n) is 6.98. The van der Waals surface area contributed by atoms with E-state index in [1.54, 1.807) is 0 Å². The number of aliphatic hydroxyl groups is 1. The van der Waals surface area contributed by atoms with Gasteiger partial charge in [0.25, 0.3) is 5.72 Å². The number of ketones is 1. The molecule has 32 heavy (non-hydrogen) atoms. The highest BCUT2D eigenvalue weighted by Crippen LogP contribution is 2.50. The van der Waals surface area contributed by atoms with Gasteiger partial charge in [0.1, 0.15) is 11.7 Å². The Balaban J connectivity index is 2.30. The van der Waals surface area contributed by atoms with Crippen LogP contribution in [0.5, 0.6) is 17.2 Å². The number of Topliss-reactive ketones (excluding diaryl/α,β-unsaturated/α-hetero) is 1. The number of alkyl halides is 3. The smallest absolute Gasteiger partial charge is 0.437 e. The van der Waals surface area contributed by atoms with Gasteiger partial charge in [-0.2, -0.15) is 13.2 Å². The number of methoxy groups -OCH3 is 3. The van der Waals surface area contributed by atoms with E-state index in [9.17, 15) is 27.9 Å². The lowest BCUT2D eigenvalue weighted by Crippen LogP contribution is -2.72. The van der Waals surface area contributed by atoms with Crippen molar-refractivity contribution >= 4 is 23.2 Å². The van der Waals surface area contributed by atoms with Crippen molar-refractivity contribution in [1.82, 2.24) is 10.2 Å². The average molecular weight is 474 g/mol. The molecule has 1 aromatic carbocycles. The summed E-state index contributed by atoms with van der Waals surface area (Å²) in [5.74, 6) is -2.76. The van der Waals surface area contributed by atoms with Gasteiger partial charge in [0.05, 0.1) is 32.2 Å². The van der Waals surface area contributed by atoms with E-state index < -0.39 is 35.7 Å². The molecule has 0 bridgehead atoms. The van der Waals surface area contributed by atoms with Crippen molar-refractivity contribution in [3.8, 4) is 17.2 Å². The first-order chi connectivity index (χ1) is 15.0. The number of carbonyl (C=O) groups is 2. The monoisotopic (exact) mass is 474 g/mol. The van der Waals surface area contributed by atoms with E-state index in [4.69, 9.17) is 14.2 Å². The number of ether oxygens (including phenoxy) is 3. The highest BCUT2D eigenvalue weighted by atomic mass is 32.1. The van der Waals surface area contributed by atoms with E-state index in [-0.39, 0.29) is 32.6 Å². The molecule has 3 rings (SSSR count). The number of thiophene rings is 1. The molecule has 1 saturated heterocycles. The quantitative estimate of drug-likeness (QED) is 0.624. The zero-order valence-corrected chi connectivity index (χ0v) is 18.3. The van der Waals surface area contributed by atoms with Gasteiger partial charge < -0.3 is 24.6 Å². The van der Waals surface area contributed by atoms with Gasteiger partial charge in [0.2, 0.25) is 0 Å². The topological polar surface area (TPSA) is 97.3 Å². The lowest BCUT2D eigenvalue weighted by molar-refractivity contribution is -0.322. The number of hydrogen-bond donors (Lipinski definition) is 2. The van der Waals surface area contributed by atoms with Crippen LogP contribution in [0.25, 0.3) is 0 Å². The standard InChI is InChI=1S/C20H21F3N2O6S/c1-25-18(27)24-16(10-8-12(30-3)13(31-4)9-11(10)29-2)15(19(25,28)20(21,22)23)17(26)14-6-5-7-32-14/h5-9,15-16,28H,1-4H3,(H,24,27)/t15-,16-,19-/m0/s1. The Labute approximate surface area is 185 Å². The summed E-state index contributed by atoms with van der Waals surface area (Å²) in [5, 5.41) is 14.9. The number of hydrogen-bond acceptors (Lipinski definition) is 7. The SMILES string of the molecule is COc1cc(OC)c([C@@H]2NC(=O)N(C)[C@@](O)(C(F)(F)F)[C@@H]2C(=O)c2cccs2)cc1OC. The Morgan fingerprint density at radius 2 is 1.75 bits per heavy atom. The zero-order chi connectivity index (χ0) is 23.8. The molecule has 2 aromatic rings. The van der Waals surface area contributed by atoms with Crippen LogP contribution < -0.4 is 19.5 Å². The van der Waals surface area contributed by atoms with Crippen LogP contribution in [0.4, 0.5) is 18.0 Å². The van der Waals surface area contributed by atoms with Crippen LogP contribution in [0.3, 0.4) is 0 Å². The van der Waals surface area contributed by atoms with Gasteiger partial charge in [-0.3, -0.25) is 9.69 Å². The molecule has 0 saturated carbocycles. The van der Waals surface area contributed by atoms with Crippen molar-refractivity contribution in [2.75, 3.05) is 28.4 Å². The largest absolute Gasteiger partial charge is 0.496 e. The highest BCUT2D eigenvalue weighted by molar-refractivity contribution is 7.12. The van der Waals surface area contributed by atoms with Crippen molar-refractivity contribution in [3.63, 3.8) is 0 Å². The molecule has 8 nitrogen and oxygen atoms in total. The first-order valence-corrected chi connectivity index (χ1v) is 10.1. The molecule has 174 valence electrons. The van der Waals surface area contributed by atoms with E-state index >= 15 is 0 Å². The molecule has 0 aliphatic carbocycles. The number of nitrogens with one attached hydrogen (secondary N) is 1. The van der Waals surface area contributed by atoms with Gasteiger partial charge >= 0.3 is 12.2 Å². The number of benzene rings is 1. The van der Waals surface area contributed by atoms with E-state index in [0.717, 1.165) is 18.4 Å². The number of urea groups is 1. The zero-order valence-electron chi connectivity index (χ0n) is 17.5. The fourth-order valence-corrected chi connectivity index (χ4v) is 4.44. The molecule has 2 N–H and O–H groups in total. The van der Waals surface area contributed by atoms with Gasteiger partial charge in [0, 0.05) is 18.7 Å². The molecule has 0 spiro atoms. The van der Waals surface area contributed by atoms with Gasteiger partial charge in [-0.15, -0.1) is 11.3 Å². The first kappa shape index (κ1) is 23.7. The van der Waals surface area contributed by atoms with Crippen molar-refractivity contribution in [2.45, 2.75) is 17.9 Å². The summed E-state index contributed by atoms with van der Waals surface area (Å²) in [6.07, 6.45) is -5.35. The van der Waals surface area contributed by atoms with Crippen LogP contribution in [-0.2, 0) is 0 Å². The van der Waals surface area contributed by atoms with Gasteiger partial charge in [0.15, 0.2) is 17.3 Å². The highest BCUT2D eigenvalue weighted by Gasteiger charge is 2.69. The van der Waals surface area contributed by atoms with Crippen molar-refractivity contribution in [2.24, 2.45) is 5.92 Å². The molecule has 1 aliphatic heterocycles. The van der Waals surface area contributed by atoms with Crippen LogP contribution in [0.15, 0.2) is 29.6 Å². The van der Waals surface area contributed by atoms with Crippen LogP contribution in [-0.4, -0.2) is 62.1 Å². The third kappa shape index (κ3) is 3.62. The molecule has 1 aliphatic rings. The first-order valence-electron chi connectivity index (χ1n) is 9.22. The van der Waals surface area contributed by atoms with Crippen LogP contribution >= 0.6 is 11.3 Å². The second-order valence-corrected chi connectivity index (χ2v) is 7.93. The second kappa shape index (κ2) is 8.51. The number of nitrogens with zero attached hydrogens (tertiary/aromatic N) is 1. The van der Waals surface area contributed by atoms with Crippen LogP contribution in [0.1, 0.15) is 21.3 Å². The predicted octanol–water partition coefficient (Wildman–Crippen LogP) is 3.22. The van der Waals surface area contributed by atoms with Crippen LogP contribution in [0, 0.1) is 5.92 Å². The summed E-state index contributed by atoms with van der Waals surface area (Å²) >= 11 is 0.924. The normalized spacial score (nSPS) is 23.5. The minimum Gasteiger partial charge on any atom is -0.496 e. The molecular weight excluding hydrogens is 453 g/mol. The maximum absolute atomic E-state index is 14.2. The van der Waals surface area contributed by atoms with Crippen molar-refractivity contribution in [3.05, 3.63) is 40.1 Å². The molecule has 2 amide bonds. The minimum atomic E-state index is -5.35. The summed E-state index contributed by atoms with van der Waals surface area (Å²) < 4.78 is 58.4. The maximum Gasteiger partial charge on any atom is 0.437 e. The Morgan fingerprint density at radius 1 is 1.16 bits per heavy atom. The fraction of sp³-hybridized carbons (Fsp3) is 0.400. The van der Waals surface area contributed by atoms with E-state index in [0.29, 0.717) is 0 Å². The molecule has 1 aromatic heterocycles. The third-order valence-corrected chi connectivity index (χ3v) is 6.28. The lowest BCUT2D eigenvalue weighted by atomic mass is 9.77. The maximum atomic E-state index is 14.2. The third-order valence-electron chi connectivity index (χ3n) is 5.40. The summed E-state index contributed by atoms with van der Waals surface area (Å²) in [6, 6.07) is 2.69. The number of rotatable bonds is 6. The van der Waals surface area contributed by atoms with E-state index in [2.05, 4.69) is 5.32 Å².